The number of hydrogen-bond acceptors (Lipinski definition) is 4. The molecule has 0 aliphatic carbocycles. The number of hydrogen-bond donors (Lipinski definition) is 0. The fraction of sp³-hybridized carbons (Fsp3) is 0. The van der Waals surface area contributed by atoms with Gasteiger partial charge in [0.1, 0.15) is 16.7 Å². The van der Waals surface area contributed by atoms with E-state index in [1.807, 2.05) is 0 Å². The van der Waals surface area contributed by atoms with Crippen molar-refractivity contribution in [2.75, 3.05) is 9.80 Å². The highest BCUT2D eigenvalue weighted by Crippen LogP contribution is 2.50. The lowest BCUT2D eigenvalue weighted by molar-refractivity contribution is 0.669. The van der Waals surface area contributed by atoms with Crippen LogP contribution in [-0.4, -0.2) is 0 Å². The molecular weight excluding hydrogens is 877 g/mol. The smallest absolute Gasteiger partial charge is 0.160 e. The first kappa shape index (κ1) is 40.3. The van der Waals surface area contributed by atoms with Crippen LogP contribution in [0.5, 0.6) is 0 Å². The van der Waals surface area contributed by atoms with Crippen molar-refractivity contribution in [2.45, 2.75) is 0 Å². The van der Waals surface area contributed by atoms with E-state index in [4.69, 9.17) is 8.83 Å². The fourth-order valence-electron chi connectivity index (χ4n) is 11.6. The van der Waals surface area contributed by atoms with E-state index in [2.05, 4.69) is 265 Å². The maximum atomic E-state index is 6.98. The fourth-order valence-corrected chi connectivity index (χ4v) is 11.6. The van der Waals surface area contributed by atoms with E-state index in [-0.39, 0.29) is 0 Å². The van der Waals surface area contributed by atoms with E-state index in [1.165, 1.54) is 26.9 Å². The molecule has 0 radical (unpaired) electrons. The summed E-state index contributed by atoms with van der Waals surface area (Å²) in [7, 11) is 0. The molecule has 72 heavy (non-hydrogen) atoms. The molecule has 4 heteroatoms. The Hall–Kier alpha value is -9.64. The number of benzene rings is 13. The third-order valence-corrected chi connectivity index (χ3v) is 14.8. The first-order valence-electron chi connectivity index (χ1n) is 24.6. The van der Waals surface area contributed by atoms with Crippen LogP contribution in [0.4, 0.5) is 34.1 Å². The molecule has 0 N–H and O–H groups in total. The van der Waals surface area contributed by atoms with Crippen LogP contribution in [0.25, 0.3) is 109 Å². The van der Waals surface area contributed by atoms with Gasteiger partial charge in [0.2, 0.25) is 0 Å². The molecule has 0 saturated heterocycles. The van der Waals surface area contributed by atoms with Gasteiger partial charge in [0.25, 0.3) is 0 Å². The minimum atomic E-state index is 0.860. The van der Waals surface area contributed by atoms with E-state index in [1.54, 1.807) is 0 Å². The lowest BCUT2D eigenvalue weighted by Gasteiger charge is -2.29. The molecule has 336 valence electrons. The normalized spacial score (nSPS) is 11.9. The van der Waals surface area contributed by atoms with Gasteiger partial charge in [-0.15, -0.1) is 0 Å². The van der Waals surface area contributed by atoms with E-state index in [0.717, 1.165) is 116 Å². The summed E-state index contributed by atoms with van der Waals surface area (Å²) < 4.78 is 13.8. The Morgan fingerprint density at radius 1 is 0.250 bits per heavy atom. The zero-order chi connectivity index (χ0) is 47.3. The molecule has 0 atom stereocenters. The minimum Gasteiger partial charge on any atom is -0.456 e. The number of furan rings is 2. The van der Waals surface area contributed by atoms with Crippen LogP contribution in [0, 0.1) is 0 Å². The van der Waals surface area contributed by atoms with Crippen molar-refractivity contribution >= 4 is 132 Å². The number of fused-ring (bicyclic) bond motifs is 15. The summed E-state index contributed by atoms with van der Waals surface area (Å²) >= 11 is 0. The standard InChI is InChI=1S/C68H42N2O2/c1-3-20-47(21-4-1)69(60-41-46-19-9-12-26-53(46)67-65-52-25-11-8-18-44(52)34-40-62(65)72-68(60)67)49-35-31-45(32-36-49)50-37-38-58(55-28-14-13-27-54(50)55)70(48-22-5-2-6-23-48)59-42-63-66(57-30-16-15-29-56(57)59)64-51-24-10-7-17-43(51)33-39-61(64)71-63/h1-42H. The predicted molar refractivity (Wildman–Crippen MR) is 303 cm³/mol. The minimum absolute atomic E-state index is 0.860. The second-order valence-corrected chi connectivity index (χ2v) is 18.7. The van der Waals surface area contributed by atoms with Crippen LogP contribution >= 0.6 is 0 Å². The maximum Gasteiger partial charge on any atom is 0.160 e. The van der Waals surface area contributed by atoms with E-state index >= 15 is 0 Å². The molecule has 0 spiro atoms. The average molecular weight is 919 g/mol. The van der Waals surface area contributed by atoms with Crippen molar-refractivity contribution in [2.24, 2.45) is 0 Å². The summed E-state index contributed by atoms with van der Waals surface area (Å²) in [6.07, 6.45) is 0. The molecule has 0 amide bonds. The summed E-state index contributed by atoms with van der Waals surface area (Å²) in [5, 5.41) is 16.3. The Kier molecular flexibility index (Phi) is 8.92. The average Bonchev–Trinajstić information content (AvgIpc) is 4.04. The summed E-state index contributed by atoms with van der Waals surface area (Å²) in [4.78, 5) is 4.75. The van der Waals surface area contributed by atoms with Gasteiger partial charge < -0.3 is 18.6 Å². The molecule has 15 aromatic rings. The van der Waals surface area contributed by atoms with Crippen molar-refractivity contribution in [3.8, 4) is 11.1 Å². The summed E-state index contributed by atoms with van der Waals surface area (Å²) in [5.74, 6) is 0. The highest BCUT2D eigenvalue weighted by atomic mass is 16.3. The van der Waals surface area contributed by atoms with Gasteiger partial charge in [-0.25, -0.2) is 0 Å². The lowest BCUT2D eigenvalue weighted by atomic mass is 9.95. The molecule has 0 saturated carbocycles. The Morgan fingerprint density at radius 3 is 1.38 bits per heavy atom. The van der Waals surface area contributed by atoms with Crippen molar-refractivity contribution < 1.29 is 8.83 Å². The van der Waals surface area contributed by atoms with Gasteiger partial charge in [-0.3, -0.25) is 0 Å². The molecule has 0 fully saturated rings. The zero-order valence-corrected chi connectivity index (χ0v) is 39.0. The van der Waals surface area contributed by atoms with Crippen molar-refractivity contribution in [1.29, 1.82) is 0 Å². The lowest BCUT2D eigenvalue weighted by Crippen LogP contribution is -2.11. The Bertz CT molecular complexity index is 4630. The second kappa shape index (κ2) is 16.0. The highest BCUT2D eigenvalue weighted by molar-refractivity contribution is 6.30. The predicted octanol–water partition coefficient (Wildman–Crippen LogP) is 19.9. The van der Waals surface area contributed by atoms with Crippen LogP contribution in [-0.2, 0) is 0 Å². The Labute approximate surface area is 414 Å². The zero-order valence-electron chi connectivity index (χ0n) is 39.0. The van der Waals surface area contributed by atoms with Gasteiger partial charge in [0, 0.05) is 55.4 Å². The van der Waals surface area contributed by atoms with E-state index in [0.29, 0.717) is 0 Å². The van der Waals surface area contributed by atoms with Gasteiger partial charge in [-0.1, -0.05) is 188 Å². The van der Waals surface area contributed by atoms with Gasteiger partial charge in [0.15, 0.2) is 5.58 Å². The SMILES string of the molecule is c1ccc(N(c2ccc(-c3ccc(N(c4ccccc4)c4cc5ccccc5c5c4oc4ccc6ccccc6c45)cc3)c3ccccc23)c2cc3oc4ccc5ccccc5c4c3c3ccccc23)cc1. The molecule has 13 aromatic carbocycles. The molecule has 0 bridgehead atoms. The summed E-state index contributed by atoms with van der Waals surface area (Å²) in [6.45, 7) is 0. The first-order valence-corrected chi connectivity index (χ1v) is 24.6. The molecule has 0 aliphatic rings. The molecule has 0 unspecified atom stereocenters. The second-order valence-electron chi connectivity index (χ2n) is 18.7. The van der Waals surface area contributed by atoms with Crippen molar-refractivity contribution in [1.82, 2.24) is 0 Å². The van der Waals surface area contributed by atoms with Crippen LogP contribution in [0.1, 0.15) is 0 Å². The third-order valence-electron chi connectivity index (χ3n) is 14.8. The number of para-hydroxylation sites is 2. The van der Waals surface area contributed by atoms with Gasteiger partial charge in [0.05, 0.1) is 17.1 Å². The van der Waals surface area contributed by atoms with Crippen molar-refractivity contribution in [3.05, 3.63) is 255 Å². The monoisotopic (exact) mass is 918 g/mol. The topological polar surface area (TPSA) is 32.8 Å². The van der Waals surface area contributed by atoms with Gasteiger partial charge >= 0.3 is 0 Å². The first-order chi connectivity index (χ1) is 35.7. The van der Waals surface area contributed by atoms with Crippen LogP contribution in [0.15, 0.2) is 264 Å². The number of nitrogens with zero attached hydrogens (tertiary/aromatic N) is 2. The maximum absolute atomic E-state index is 6.98. The van der Waals surface area contributed by atoms with E-state index in [9.17, 15) is 0 Å². The van der Waals surface area contributed by atoms with Crippen LogP contribution in [0.2, 0.25) is 0 Å². The molecular formula is C68H42N2O2. The van der Waals surface area contributed by atoms with Gasteiger partial charge in [-0.05, 0) is 115 Å². The third kappa shape index (κ3) is 6.12. The molecule has 2 aromatic heterocycles. The number of rotatable bonds is 7. The Balaban J connectivity index is 0.897. The summed E-state index contributed by atoms with van der Waals surface area (Å²) in [5.41, 5.74) is 12.0. The van der Waals surface area contributed by atoms with E-state index < -0.39 is 0 Å². The molecule has 4 nitrogen and oxygen atoms in total. The van der Waals surface area contributed by atoms with Gasteiger partial charge in [-0.2, -0.15) is 0 Å². The van der Waals surface area contributed by atoms with Crippen LogP contribution < -0.4 is 9.80 Å². The molecule has 0 aliphatic heterocycles. The highest BCUT2D eigenvalue weighted by Gasteiger charge is 2.25. The quantitative estimate of drug-likeness (QED) is 0.159. The summed E-state index contributed by atoms with van der Waals surface area (Å²) in [6, 6.07) is 91.5. The molecule has 15 rings (SSSR count). The largest absolute Gasteiger partial charge is 0.456 e. The van der Waals surface area contributed by atoms with Crippen LogP contribution in [0.3, 0.4) is 0 Å². The van der Waals surface area contributed by atoms with Crippen molar-refractivity contribution in [3.63, 3.8) is 0 Å². The molecule has 2 heterocycles. The number of anilines is 6. The Morgan fingerprint density at radius 2 is 0.722 bits per heavy atom.